The van der Waals surface area contributed by atoms with Gasteiger partial charge in [0.15, 0.2) is 5.96 Å². The third kappa shape index (κ3) is 6.28. The number of nitrogens with one attached hydrogen (secondary N) is 3. The van der Waals surface area contributed by atoms with Gasteiger partial charge < -0.3 is 20.4 Å². The van der Waals surface area contributed by atoms with E-state index < -0.39 is 16.1 Å². The van der Waals surface area contributed by atoms with Crippen molar-refractivity contribution in [1.82, 2.24) is 20.3 Å². The van der Waals surface area contributed by atoms with Gasteiger partial charge in [-0.1, -0.05) is 24.3 Å². The Morgan fingerprint density at radius 2 is 1.83 bits per heavy atom. The van der Waals surface area contributed by atoms with Crippen molar-refractivity contribution in [1.29, 1.82) is 0 Å². The molecule has 0 aromatic heterocycles. The molecule has 0 bridgehead atoms. The van der Waals surface area contributed by atoms with Gasteiger partial charge in [0, 0.05) is 63.3 Å². The number of anilines is 1. The molecule has 196 valence electrons. The third-order valence-electron chi connectivity index (χ3n) is 6.75. The molecule has 1 atom stereocenters. The second-order valence-corrected chi connectivity index (χ2v) is 11.3. The summed E-state index contributed by atoms with van der Waals surface area (Å²) in [4.78, 5) is 21.8. The van der Waals surface area contributed by atoms with E-state index in [1.807, 2.05) is 48.2 Å². The van der Waals surface area contributed by atoms with Crippen LogP contribution in [-0.2, 0) is 14.8 Å². The fourth-order valence-corrected chi connectivity index (χ4v) is 6.32. The number of hydrogen-bond donors (Lipinski definition) is 3. The lowest BCUT2D eigenvalue weighted by Gasteiger charge is -2.31. The molecule has 4 rings (SSSR count). The average molecular weight is 515 g/mol. The molecular weight excluding hydrogens is 476 g/mol. The summed E-state index contributed by atoms with van der Waals surface area (Å²) in [5, 5.41) is 7.98. The van der Waals surface area contributed by atoms with Gasteiger partial charge in [-0.2, -0.15) is 4.72 Å². The fraction of sp³-hybridized carbons (Fsp3) is 0.538. The zero-order chi connectivity index (χ0) is 25.5. The Morgan fingerprint density at radius 3 is 2.56 bits per heavy atom. The number of benzene rings is 2. The number of aliphatic imine (C=N–C) groups is 1. The molecular formula is C26H38N6O3S. The molecule has 2 aliphatic rings. The third-order valence-corrected chi connectivity index (χ3v) is 8.28. The summed E-state index contributed by atoms with van der Waals surface area (Å²) in [6.07, 6.45) is 5.06. The number of nitrogens with zero attached hydrogens (tertiary/aromatic N) is 3. The Kier molecular flexibility index (Phi) is 8.68. The number of hydrogen-bond acceptors (Lipinski definition) is 7. The minimum atomic E-state index is -3.94. The van der Waals surface area contributed by atoms with Crippen molar-refractivity contribution in [3.8, 4) is 0 Å². The average Bonchev–Trinajstić information content (AvgIpc) is 2.90. The first-order valence-electron chi connectivity index (χ1n) is 12.9. The van der Waals surface area contributed by atoms with Crippen LogP contribution in [0.15, 0.2) is 46.3 Å². The minimum absolute atomic E-state index is 0.138. The van der Waals surface area contributed by atoms with Crippen molar-refractivity contribution in [3.05, 3.63) is 36.4 Å². The number of amides is 1. The lowest BCUT2D eigenvalue weighted by Crippen LogP contribution is -2.50. The predicted octanol–water partition coefficient (Wildman–Crippen LogP) is 2.28. The number of rotatable bonds is 9. The van der Waals surface area contributed by atoms with E-state index >= 15 is 0 Å². The number of likely N-dealkylation sites (tertiary alicyclic amines) is 1. The molecule has 1 fully saturated rings. The Bertz CT molecular complexity index is 1190. The SMILES string of the molecule is CN(C)c1cccc2c(S(=O)(=O)N[C@@H](CCCNC3=NCCCN3)C(=O)N3CCCCC3)cccc12. The normalized spacial score (nSPS) is 17.3. The monoisotopic (exact) mass is 514 g/mol. The van der Waals surface area contributed by atoms with E-state index in [1.165, 1.54) is 0 Å². The van der Waals surface area contributed by atoms with Gasteiger partial charge in [0.25, 0.3) is 0 Å². The van der Waals surface area contributed by atoms with Crippen LogP contribution in [0.25, 0.3) is 10.8 Å². The summed E-state index contributed by atoms with van der Waals surface area (Å²) in [6, 6.07) is 10.1. The molecule has 1 amide bonds. The molecule has 0 radical (unpaired) electrons. The number of carbonyl (C=O) groups excluding carboxylic acids is 1. The van der Waals surface area contributed by atoms with E-state index in [9.17, 15) is 13.2 Å². The highest BCUT2D eigenvalue weighted by molar-refractivity contribution is 7.89. The van der Waals surface area contributed by atoms with Crippen LogP contribution in [0, 0.1) is 0 Å². The highest BCUT2D eigenvalue weighted by Crippen LogP contribution is 2.30. The lowest BCUT2D eigenvalue weighted by molar-refractivity contribution is -0.134. The maximum Gasteiger partial charge on any atom is 0.241 e. The number of carbonyl (C=O) groups is 1. The quantitative estimate of drug-likeness (QED) is 0.444. The molecule has 3 N–H and O–H groups in total. The van der Waals surface area contributed by atoms with E-state index in [0.717, 1.165) is 55.8 Å². The molecule has 1 saturated heterocycles. The van der Waals surface area contributed by atoms with Gasteiger partial charge in [-0.3, -0.25) is 9.79 Å². The van der Waals surface area contributed by atoms with Crippen LogP contribution in [0.4, 0.5) is 5.69 Å². The smallest absolute Gasteiger partial charge is 0.241 e. The van der Waals surface area contributed by atoms with Crippen LogP contribution >= 0.6 is 0 Å². The van der Waals surface area contributed by atoms with Crippen molar-refractivity contribution in [2.75, 3.05) is 51.7 Å². The van der Waals surface area contributed by atoms with Crippen LogP contribution < -0.4 is 20.3 Å². The van der Waals surface area contributed by atoms with Gasteiger partial charge in [-0.25, -0.2) is 8.42 Å². The summed E-state index contributed by atoms with van der Waals surface area (Å²) < 4.78 is 30.1. The van der Waals surface area contributed by atoms with Crippen molar-refractivity contribution in [3.63, 3.8) is 0 Å². The number of piperidine rings is 1. The Balaban J connectivity index is 1.54. The molecule has 2 heterocycles. The van der Waals surface area contributed by atoms with Gasteiger partial charge in [-0.15, -0.1) is 0 Å². The van der Waals surface area contributed by atoms with Crippen molar-refractivity contribution in [2.45, 2.75) is 49.5 Å². The number of fused-ring (bicyclic) bond motifs is 1. The predicted molar refractivity (Wildman–Crippen MR) is 145 cm³/mol. The highest BCUT2D eigenvalue weighted by Gasteiger charge is 2.30. The summed E-state index contributed by atoms with van der Waals surface area (Å²) in [6.45, 7) is 3.65. The fourth-order valence-electron chi connectivity index (χ4n) is 4.87. The Labute approximate surface area is 214 Å². The molecule has 0 spiro atoms. The van der Waals surface area contributed by atoms with Gasteiger partial charge in [0.05, 0.1) is 4.90 Å². The van der Waals surface area contributed by atoms with E-state index in [2.05, 4.69) is 20.3 Å². The zero-order valence-electron chi connectivity index (χ0n) is 21.3. The molecule has 2 aliphatic heterocycles. The lowest BCUT2D eigenvalue weighted by atomic mass is 10.1. The Hall–Kier alpha value is -2.85. The molecule has 2 aromatic carbocycles. The summed E-state index contributed by atoms with van der Waals surface area (Å²) in [5.74, 6) is 0.633. The topological polar surface area (TPSA) is 106 Å². The van der Waals surface area contributed by atoms with E-state index in [1.54, 1.807) is 12.1 Å². The van der Waals surface area contributed by atoms with Crippen molar-refractivity contribution >= 4 is 38.3 Å². The van der Waals surface area contributed by atoms with Crippen LogP contribution in [-0.4, -0.2) is 78.0 Å². The van der Waals surface area contributed by atoms with Crippen LogP contribution in [0.3, 0.4) is 0 Å². The highest BCUT2D eigenvalue weighted by atomic mass is 32.2. The second-order valence-electron chi connectivity index (χ2n) is 9.66. The van der Waals surface area contributed by atoms with Gasteiger partial charge >= 0.3 is 0 Å². The van der Waals surface area contributed by atoms with Crippen molar-refractivity contribution in [2.24, 2.45) is 4.99 Å². The maximum atomic E-state index is 13.7. The van der Waals surface area contributed by atoms with Crippen LogP contribution in [0.5, 0.6) is 0 Å². The maximum absolute atomic E-state index is 13.7. The van der Waals surface area contributed by atoms with Gasteiger partial charge in [0.1, 0.15) is 6.04 Å². The molecule has 0 unspecified atom stereocenters. The number of sulfonamides is 1. The Morgan fingerprint density at radius 1 is 1.08 bits per heavy atom. The first-order valence-corrected chi connectivity index (χ1v) is 14.4. The summed E-state index contributed by atoms with van der Waals surface area (Å²) in [7, 11) is -0.0734. The van der Waals surface area contributed by atoms with Gasteiger partial charge in [-0.05, 0) is 50.7 Å². The first kappa shape index (κ1) is 26.2. The molecule has 9 nitrogen and oxygen atoms in total. The molecule has 10 heteroatoms. The molecule has 0 aliphatic carbocycles. The standard InChI is InChI=1S/C26H38N6O3S/c1-31(2)23-13-6-11-21-20(23)10-7-14-24(21)36(34,35)30-22(25(33)32-18-4-3-5-19-32)12-8-15-27-26-28-16-9-17-29-26/h6-7,10-11,13-14,22,30H,3-5,8-9,12,15-19H2,1-2H3,(H2,27,28,29)/t22-/m0/s1. The van der Waals surface area contributed by atoms with Gasteiger partial charge in [0.2, 0.25) is 15.9 Å². The molecule has 2 aromatic rings. The summed E-state index contributed by atoms with van der Waals surface area (Å²) >= 11 is 0. The largest absolute Gasteiger partial charge is 0.377 e. The van der Waals surface area contributed by atoms with Crippen LogP contribution in [0.1, 0.15) is 38.5 Å². The number of guanidine groups is 1. The summed E-state index contributed by atoms with van der Waals surface area (Å²) in [5.41, 5.74) is 0.941. The van der Waals surface area contributed by atoms with E-state index in [0.29, 0.717) is 37.9 Å². The van der Waals surface area contributed by atoms with Crippen molar-refractivity contribution < 1.29 is 13.2 Å². The zero-order valence-corrected chi connectivity index (χ0v) is 22.1. The molecule has 36 heavy (non-hydrogen) atoms. The molecule has 0 saturated carbocycles. The van der Waals surface area contributed by atoms with E-state index in [-0.39, 0.29) is 10.8 Å². The van der Waals surface area contributed by atoms with E-state index in [4.69, 9.17) is 0 Å². The first-order chi connectivity index (χ1) is 17.4. The minimum Gasteiger partial charge on any atom is -0.377 e. The van der Waals surface area contributed by atoms with Crippen LogP contribution in [0.2, 0.25) is 0 Å². The second kappa shape index (κ2) is 11.9.